The molecular formula is C14H21NO2. The van der Waals surface area contributed by atoms with Crippen LogP contribution in [0.3, 0.4) is 0 Å². The lowest BCUT2D eigenvalue weighted by atomic mass is 10.1. The van der Waals surface area contributed by atoms with Gasteiger partial charge in [0, 0.05) is 13.0 Å². The normalized spacial score (nSPS) is 12.4. The van der Waals surface area contributed by atoms with Gasteiger partial charge in [0.15, 0.2) is 0 Å². The van der Waals surface area contributed by atoms with Crippen LogP contribution in [0.4, 0.5) is 0 Å². The lowest BCUT2D eigenvalue weighted by molar-refractivity contribution is -0.120. The zero-order valence-electron chi connectivity index (χ0n) is 10.4. The summed E-state index contributed by atoms with van der Waals surface area (Å²) >= 11 is 0. The molecule has 1 aromatic carbocycles. The summed E-state index contributed by atoms with van der Waals surface area (Å²) in [6.07, 6.45) is 1.98. The lowest BCUT2D eigenvalue weighted by Crippen LogP contribution is -2.29. The van der Waals surface area contributed by atoms with Gasteiger partial charge in [-0.3, -0.25) is 4.79 Å². The molecule has 94 valence electrons. The van der Waals surface area contributed by atoms with Crippen LogP contribution in [0.25, 0.3) is 0 Å². The summed E-state index contributed by atoms with van der Waals surface area (Å²) in [5, 5.41) is 0. The SMILES string of the molecule is CCC(N)C(=O)CCCOCc1ccccc1. The maximum Gasteiger partial charge on any atom is 0.149 e. The van der Waals surface area contributed by atoms with Crippen molar-refractivity contribution >= 4 is 5.78 Å². The molecule has 0 spiro atoms. The van der Waals surface area contributed by atoms with Crippen molar-refractivity contribution in [1.29, 1.82) is 0 Å². The molecule has 0 saturated heterocycles. The van der Waals surface area contributed by atoms with Crippen molar-refractivity contribution in [2.75, 3.05) is 6.61 Å². The number of carbonyl (C=O) groups excluding carboxylic acids is 1. The first-order valence-electron chi connectivity index (χ1n) is 6.14. The average molecular weight is 235 g/mol. The van der Waals surface area contributed by atoms with E-state index in [1.165, 1.54) is 0 Å². The number of nitrogens with two attached hydrogens (primary N) is 1. The molecule has 0 amide bonds. The first kappa shape index (κ1) is 13.9. The fourth-order valence-electron chi connectivity index (χ4n) is 1.53. The van der Waals surface area contributed by atoms with Gasteiger partial charge in [0.1, 0.15) is 5.78 Å². The Kier molecular flexibility index (Phi) is 6.51. The van der Waals surface area contributed by atoms with Crippen LogP contribution in [0.5, 0.6) is 0 Å². The molecule has 0 radical (unpaired) electrons. The van der Waals surface area contributed by atoms with Crippen LogP contribution in [0.2, 0.25) is 0 Å². The number of ether oxygens (including phenoxy) is 1. The Bertz CT molecular complexity index is 324. The number of Topliss-reactive ketones (excluding diaryl/α,β-unsaturated/α-hetero) is 1. The number of benzene rings is 1. The van der Waals surface area contributed by atoms with Gasteiger partial charge in [-0.25, -0.2) is 0 Å². The Morgan fingerprint density at radius 2 is 2.06 bits per heavy atom. The number of hydrogen-bond acceptors (Lipinski definition) is 3. The fraction of sp³-hybridized carbons (Fsp3) is 0.500. The first-order valence-corrected chi connectivity index (χ1v) is 6.14. The summed E-state index contributed by atoms with van der Waals surface area (Å²) in [6.45, 7) is 3.14. The Labute approximate surface area is 103 Å². The molecule has 1 rings (SSSR count). The number of rotatable bonds is 8. The molecular weight excluding hydrogens is 214 g/mol. The Morgan fingerprint density at radius 3 is 2.71 bits per heavy atom. The third kappa shape index (κ3) is 5.61. The van der Waals surface area contributed by atoms with Gasteiger partial charge in [-0.05, 0) is 18.4 Å². The second kappa shape index (κ2) is 7.98. The summed E-state index contributed by atoms with van der Waals surface area (Å²) in [5.74, 6) is 0.135. The van der Waals surface area contributed by atoms with Crippen LogP contribution in [0.1, 0.15) is 31.7 Å². The van der Waals surface area contributed by atoms with E-state index in [0.717, 1.165) is 12.0 Å². The fourth-order valence-corrected chi connectivity index (χ4v) is 1.53. The molecule has 3 nitrogen and oxygen atoms in total. The predicted octanol–water partition coefficient (Wildman–Crippen LogP) is 2.29. The van der Waals surface area contributed by atoms with E-state index >= 15 is 0 Å². The van der Waals surface area contributed by atoms with Crippen molar-refractivity contribution in [2.45, 2.75) is 38.8 Å². The molecule has 17 heavy (non-hydrogen) atoms. The molecule has 0 saturated carbocycles. The molecule has 0 heterocycles. The molecule has 0 bridgehead atoms. The molecule has 0 aromatic heterocycles. The van der Waals surface area contributed by atoms with Crippen LogP contribution >= 0.6 is 0 Å². The van der Waals surface area contributed by atoms with Gasteiger partial charge in [0.05, 0.1) is 12.6 Å². The number of carbonyl (C=O) groups is 1. The van der Waals surface area contributed by atoms with E-state index < -0.39 is 0 Å². The monoisotopic (exact) mass is 235 g/mol. The van der Waals surface area contributed by atoms with Crippen LogP contribution < -0.4 is 5.73 Å². The summed E-state index contributed by atoms with van der Waals surface area (Å²) in [5.41, 5.74) is 6.79. The maximum absolute atomic E-state index is 11.4. The molecule has 0 fully saturated rings. The predicted molar refractivity (Wildman–Crippen MR) is 68.6 cm³/mol. The van der Waals surface area contributed by atoms with E-state index in [1.807, 2.05) is 37.3 Å². The van der Waals surface area contributed by atoms with Gasteiger partial charge in [0.25, 0.3) is 0 Å². The molecule has 1 aromatic rings. The van der Waals surface area contributed by atoms with Crippen LogP contribution in [0.15, 0.2) is 30.3 Å². The van der Waals surface area contributed by atoms with E-state index in [2.05, 4.69) is 0 Å². The molecule has 0 aliphatic rings. The van der Waals surface area contributed by atoms with Crippen LogP contribution in [-0.4, -0.2) is 18.4 Å². The van der Waals surface area contributed by atoms with Gasteiger partial charge in [-0.15, -0.1) is 0 Å². The minimum absolute atomic E-state index is 0.135. The van der Waals surface area contributed by atoms with E-state index in [0.29, 0.717) is 26.1 Å². The second-order valence-electron chi connectivity index (χ2n) is 4.12. The number of ketones is 1. The highest BCUT2D eigenvalue weighted by atomic mass is 16.5. The van der Waals surface area contributed by atoms with Gasteiger partial charge < -0.3 is 10.5 Å². The van der Waals surface area contributed by atoms with E-state index in [-0.39, 0.29) is 11.8 Å². The van der Waals surface area contributed by atoms with Crippen LogP contribution in [0, 0.1) is 0 Å². The third-order valence-corrected chi connectivity index (χ3v) is 2.68. The Balaban J connectivity index is 2.07. The maximum atomic E-state index is 11.4. The quantitative estimate of drug-likeness (QED) is 0.703. The summed E-state index contributed by atoms with van der Waals surface area (Å²) in [4.78, 5) is 11.4. The van der Waals surface area contributed by atoms with Crippen molar-refractivity contribution < 1.29 is 9.53 Å². The Morgan fingerprint density at radius 1 is 1.35 bits per heavy atom. The topological polar surface area (TPSA) is 52.3 Å². The molecule has 0 aliphatic heterocycles. The van der Waals surface area contributed by atoms with E-state index in [4.69, 9.17) is 10.5 Å². The van der Waals surface area contributed by atoms with Crippen molar-refractivity contribution in [3.8, 4) is 0 Å². The van der Waals surface area contributed by atoms with E-state index in [9.17, 15) is 4.79 Å². The van der Waals surface area contributed by atoms with Gasteiger partial charge >= 0.3 is 0 Å². The highest BCUT2D eigenvalue weighted by molar-refractivity contribution is 5.83. The first-order chi connectivity index (χ1) is 8.24. The van der Waals surface area contributed by atoms with Crippen LogP contribution in [-0.2, 0) is 16.1 Å². The smallest absolute Gasteiger partial charge is 0.149 e. The summed E-state index contributed by atoms with van der Waals surface area (Å²) in [6, 6.07) is 9.71. The minimum Gasteiger partial charge on any atom is -0.377 e. The number of hydrogen-bond donors (Lipinski definition) is 1. The van der Waals surface area contributed by atoms with Gasteiger partial charge in [0.2, 0.25) is 0 Å². The highest BCUT2D eigenvalue weighted by Crippen LogP contribution is 2.02. The molecule has 1 unspecified atom stereocenters. The highest BCUT2D eigenvalue weighted by Gasteiger charge is 2.09. The third-order valence-electron chi connectivity index (χ3n) is 2.68. The summed E-state index contributed by atoms with van der Waals surface area (Å²) < 4.78 is 5.49. The molecule has 3 heteroatoms. The zero-order chi connectivity index (χ0) is 12.5. The van der Waals surface area contributed by atoms with Crippen molar-refractivity contribution in [1.82, 2.24) is 0 Å². The molecule has 1 atom stereocenters. The van der Waals surface area contributed by atoms with Crippen molar-refractivity contribution in [2.24, 2.45) is 5.73 Å². The van der Waals surface area contributed by atoms with Crippen molar-refractivity contribution in [3.63, 3.8) is 0 Å². The van der Waals surface area contributed by atoms with E-state index in [1.54, 1.807) is 0 Å². The lowest BCUT2D eigenvalue weighted by Gasteiger charge is -2.07. The summed E-state index contributed by atoms with van der Waals surface area (Å²) in [7, 11) is 0. The Hall–Kier alpha value is -1.19. The van der Waals surface area contributed by atoms with Gasteiger partial charge in [-0.2, -0.15) is 0 Å². The minimum atomic E-state index is -0.302. The van der Waals surface area contributed by atoms with Crippen molar-refractivity contribution in [3.05, 3.63) is 35.9 Å². The van der Waals surface area contributed by atoms with Gasteiger partial charge in [-0.1, -0.05) is 37.3 Å². The molecule has 2 N–H and O–H groups in total. The second-order valence-corrected chi connectivity index (χ2v) is 4.12. The molecule has 0 aliphatic carbocycles. The largest absolute Gasteiger partial charge is 0.377 e. The standard InChI is InChI=1S/C14H21NO2/c1-2-13(15)14(16)9-6-10-17-11-12-7-4-3-5-8-12/h3-5,7-8,13H,2,6,9-11,15H2,1H3. The average Bonchev–Trinajstić information content (AvgIpc) is 2.38. The zero-order valence-corrected chi connectivity index (χ0v) is 10.4.